The topological polar surface area (TPSA) is 225 Å². The lowest BCUT2D eigenvalue weighted by molar-refractivity contribution is -0.134. The van der Waals surface area contributed by atoms with Crippen LogP contribution in [0.2, 0.25) is 5.02 Å². The largest absolute Gasteiger partial charge is 0.507 e. The van der Waals surface area contributed by atoms with Crippen molar-refractivity contribution >= 4 is 51.0 Å². The van der Waals surface area contributed by atoms with Crippen molar-refractivity contribution in [2.24, 2.45) is 0 Å². The number of terminal acetylenes is 1. The number of halogens is 1. The average molecular weight is 1500 g/mol. The molecule has 562 valence electrons. The normalized spacial score (nSPS) is 11.3. The van der Waals surface area contributed by atoms with Gasteiger partial charge in [0, 0.05) is 61.8 Å². The lowest BCUT2D eigenvalue weighted by Crippen LogP contribution is -2.24. The van der Waals surface area contributed by atoms with Crippen molar-refractivity contribution in [3.63, 3.8) is 0 Å². The van der Waals surface area contributed by atoms with E-state index in [1.165, 1.54) is 23.2 Å². The van der Waals surface area contributed by atoms with Gasteiger partial charge in [-0.1, -0.05) is 276 Å². The van der Waals surface area contributed by atoms with E-state index >= 15 is 0 Å². The van der Waals surface area contributed by atoms with Crippen LogP contribution in [0.4, 0.5) is 5.69 Å². The van der Waals surface area contributed by atoms with E-state index in [-0.39, 0.29) is 34.5 Å². The predicted octanol–water partition coefficient (Wildman–Crippen LogP) is 20.7. The number of anilines is 1. The van der Waals surface area contributed by atoms with E-state index in [1.807, 2.05) is 172 Å². The molecule has 0 atom stereocenters. The van der Waals surface area contributed by atoms with Crippen LogP contribution in [0.1, 0.15) is 133 Å². The number of phenolic OH excluding ortho intramolecular Hbond substituents is 3. The first kappa shape index (κ1) is 79.3. The second-order valence-electron chi connectivity index (χ2n) is 29.0. The average Bonchev–Trinajstić information content (AvgIpc) is 1.62. The fourth-order valence-corrected chi connectivity index (χ4v) is 12.8. The number of hydrogen-bond acceptors (Lipinski definition) is 14. The summed E-state index contributed by atoms with van der Waals surface area (Å²) < 4.78 is 10.8. The van der Waals surface area contributed by atoms with Crippen molar-refractivity contribution in [2.45, 2.75) is 124 Å². The molecule has 0 saturated carbocycles. The molecule has 0 unspecified atom stereocenters. The maximum absolute atomic E-state index is 12.1. The van der Waals surface area contributed by atoms with Crippen molar-refractivity contribution in [3.05, 3.63) is 304 Å². The number of ketones is 1. The lowest BCUT2D eigenvalue weighted by Gasteiger charge is -2.32. The van der Waals surface area contributed by atoms with Gasteiger partial charge in [0.1, 0.15) is 68.3 Å². The summed E-state index contributed by atoms with van der Waals surface area (Å²) in [5.74, 6) is 1.87. The summed E-state index contributed by atoms with van der Waals surface area (Å²) in [6, 6.07) is 81.0. The number of nitrogens with zero attached hydrogens (tertiary/aromatic N) is 9. The molecular weight excluding hydrogens is 1400 g/mol. The highest BCUT2D eigenvalue weighted by Crippen LogP contribution is 2.45. The number of carbonyl (C=O) groups is 2. The number of phenols is 3. The molecule has 0 aliphatic rings. The fourth-order valence-electron chi connectivity index (χ4n) is 12.7. The van der Waals surface area contributed by atoms with Crippen LogP contribution >= 0.6 is 11.6 Å². The molecule has 0 aliphatic heterocycles. The van der Waals surface area contributed by atoms with Gasteiger partial charge in [-0.05, 0) is 126 Å². The molecule has 0 radical (unpaired) electrons. The number of amides is 1. The first-order chi connectivity index (χ1) is 53.4. The van der Waals surface area contributed by atoms with Gasteiger partial charge in [-0.3, -0.25) is 9.59 Å². The number of aryl methyl sites for hydroxylation is 2. The Morgan fingerprint density at radius 2 is 1.05 bits per heavy atom. The number of hydrogen-bond donors (Lipinski definition) is 4. The maximum Gasteiger partial charge on any atom is 0.292 e. The predicted molar refractivity (Wildman–Crippen MR) is 443 cm³/mol. The number of rotatable bonds is 21. The first-order valence-electron chi connectivity index (χ1n) is 37.1. The van der Waals surface area contributed by atoms with Crippen LogP contribution in [0, 0.1) is 19.5 Å². The summed E-state index contributed by atoms with van der Waals surface area (Å²) in [6.45, 7) is 21.8. The molecule has 17 nitrogen and oxygen atoms in total. The Bertz CT molecular complexity index is 5490. The zero-order chi connectivity index (χ0) is 78.8. The van der Waals surface area contributed by atoms with Crippen LogP contribution in [0.25, 0.3) is 67.6 Å². The summed E-state index contributed by atoms with van der Waals surface area (Å²) in [6.07, 6.45) is 12.5. The summed E-state index contributed by atoms with van der Waals surface area (Å²) in [7, 11) is 0. The zero-order valence-electron chi connectivity index (χ0n) is 64.2. The van der Waals surface area contributed by atoms with Crippen molar-refractivity contribution in [3.8, 4) is 86.8 Å². The molecule has 0 saturated heterocycles. The zero-order valence-corrected chi connectivity index (χ0v) is 64.9. The smallest absolute Gasteiger partial charge is 0.292 e. The molecule has 11 aromatic carbocycles. The molecule has 0 aliphatic carbocycles. The number of benzene rings is 11. The van der Waals surface area contributed by atoms with Crippen LogP contribution in [-0.2, 0) is 38.7 Å². The highest BCUT2D eigenvalue weighted by molar-refractivity contribution is 6.41. The lowest BCUT2D eigenvalue weighted by atomic mass is 9.72. The molecule has 0 spiro atoms. The number of para-hydroxylation sites is 1. The van der Waals surface area contributed by atoms with Gasteiger partial charge < -0.3 is 30.1 Å². The number of fused-ring (bicyclic) bond motifs is 2. The minimum atomic E-state index is -0.659. The number of unbranched alkanes of at least 4 members (excludes halogenated alkanes) is 3. The Morgan fingerprint density at radius 1 is 0.514 bits per heavy atom. The van der Waals surface area contributed by atoms with Crippen molar-refractivity contribution in [2.75, 3.05) is 11.9 Å². The van der Waals surface area contributed by atoms with E-state index in [2.05, 4.69) is 145 Å². The van der Waals surface area contributed by atoms with Crippen LogP contribution < -0.4 is 14.8 Å². The van der Waals surface area contributed by atoms with Gasteiger partial charge >= 0.3 is 0 Å². The van der Waals surface area contributed by atoms with Gasteiger partial charge in [-0.2, -0.15) is 0 Å². The van der Waals surface area contributed by atoms with Gasteiger partial charge in [0.05, 0.1) is 12.2 Å². The highest BCUT2D eigenvalue weighted by atomic mass is 35.5. The monoisotopic (exact) mass is 1490 g/mol. The third-order valence-electron chi connectivity index (χ3n) is 19.1. The summed E-state index contributed by atoms with van der Waals surface area (Å²) >= 11 is 5.99. The number of aromatic hydroxyl groups is 3. The molecule has 4 N–H and O–H groups in total. The fraction of sp³-hybridized carbons (Fsp3) is 0.215. The van der Waals surface area contributed by atoms with Crippen LogP contribution in [0.15, 0.2) is 255 Å². The Balaban J connectivity index is 0.000000149. The van der Waals surface area contributed by atoms with E-state index in [1.54, 1.807) is 59.4 Å². The minimum Gasteiger partial charge on any atom is -0.507 e. The third-order valence-corrected chi connectivity index (χ3v) is 19.3. The van der Waals surface area contributed by atoms with Crippen LogP contribution in [0.3, 0.4) is 0 Å². The molecule has 0 fully saturated rings. The second-order valence-corrected chi connectivity index (χ2v) is 29.4. The standard InChI is InChI=1S/C30H29N3O.C27H27N3O2.C19H17NO3.C17H18ClN3O/c1-29(2,21-13-7-5-8-14-21)23-19-24(30(3,4)22-15-9-6-10-16-22)28(34)27(20-23)33-31-25-17-11-12-18-26(25)32-33;1-2-3-4-11-18-32-22-16-17-23(24(31)19-22)27-29-25(20-12-7-5-8-13-20)28-26(30-27)21-14-9-6-10-15-21;1-3-14-8-7-10-16(12-14)20-19(22)17(21)13-15-9-5-6-11-18(15)23-4-2;1-10-7-12(17(2,3)4)16(22)15(8-10)21-19-13-6-5-11(18)9-14(13)20-21/h5-20,34H,1-4H3;5-10,12-17,19,31H,2-4,11,18H2,1H3;2,5-12H,3,13H2,1H3,(H,20,22);5-9,22H,1-4H3. The molecule has 0 bridgehead atoms. The Morgan fingerprint density at radius 3 is 1.64 bits per heavy atom. The molecule has 14 aromatic rings. The van der Waals surface area contributed by atoms with Gasteiger partial charge in [0.2, 0.25) is 5.78 Å². The van der Waals surface area contributed by atoms with Gasteiger partial charge in [0.15, 0.2) is 17.5 Å². The molecule has 1 amide bonds. The Labute approximate surface area is 653 Å². The number of Topliss-reactive ketones (excluding diaryl/α,β-unsaturated/α-hetero) is 1. The summed E-state index contributed by atoms with van der Waals surface area (Å²) in [5, 5.41) is 54.5. The van der Waals surface area contributed by atoms with Crippen LogP contribution in [0.5, 0.6) is 28.7 Å². The minimum absolute atomic E-state index is 0.0723. The molecule has 3 aromatic heterocycles. The molecular formula is C93H91ClN10O7. The quantitative estimate of drug-likeness (QED) is 0.0298. The van der Waals surface area contributed by atoms with Gasteiger partial charge in [-0.25, -0.2) is 15.0 Å². The number of carbonyl (C=O) groups excluding carboxylic acids is 2. The van der Waals surface area contributed by atoms with Crippen molar-refractivity contribution in [1.29, 1.82) is 0 Å². The summed E-state index contributed by atoms with van der Waals surface area (Å²) in [5.41, 5.74) is 14.1. The first-order valence-corrected chi connectivity index (χ1v) is 37.4. The van der Waals surface area contributed by atoms with E-state index in [4.69, 9.17) is 27.5 Å². The molecule has 3 heterocycles. The van der Waals surface area contributed by atoms with Crippen LogP contribution in [-0.4, -0.2) is 78.6 Å². The maximum atomic E-state index is 12.1. The number of ether oxygens (including phenoxy) is 2. The van der Waals surface area contributed by atoms with E-state index in [9.17, 15) is 24.9 Å². The van der Waals surface area contributed by atoms with E-state index < -0.39 is 17.1 Å². The Kier molecular flexibility index (Phi) is 25.7. The highest BCUT2D eigenvalue weighted by Gasteiger charge is 2.33. The molecule has 14 rings (SSSR count). The van der Waals surface area contributed by atoms with Gasteiger partial charge in [-0.15, -0.1) is 30.0 Å². The molecule has 18 heteroatoms. The molecule has 111 heavy (non-hydrogen) atoms. The second kappa shape index (κ2) is 36.0. The van der Waals surface area contributed by atoms with Crippen molar-refractivity contribution in [1.82, 2.24) is 44.9 Å². The summed E-state index contributed by atoms with van der Waals surface area (Å²) in [4.78, 5) is 41.2. The SMILES string of the molecule is C#COc1ccccc1CC(=O)C(=O)Nc1cccc(CC)c1.CC(C)(c1ccccc1)c1cc(-n2nc3ccccc3n2)c(O)c(C(C)(C)c2ccccc2)c1.CCCCCCOc1ccc(-c2nc(-c3ccccc3)nc(-c3ccccc3)n2)c(O)c1.Cc1cc(-n2nc3ccc(Cl)cc3n2)c(O)c(C(C)(C)C)c1. The Hall–Kier alpha value is -12.8. The van der Waals surface area contributed by atoms with Crippen molar-refractivity contribution < 1.29 is 34.4 Å². The van der Waals surface area contributed by atoms with E-state index in [0.717, 1.165) is 80.3 Å². The third kappa shape index (κ3) is 19.8. The van der Waals surface area contributed by atoms with E-state index in [0.29, 0.717) is 74.3 Å². The number of nitrogens with one attached hydrogen (secondary N) is 1. The van der Waals surface area contributed by atoms with Gasteiger partial charge in [0.25, 0.3) is 5.91 Å². The number of aromatic nitrogens is 9.